The molecular weight excluding hydrogens is 520 g/mol. The van der Waals surface area contributed by atoms with Crippen molar-refractivity contribution in [2.45, 2.75) is 118 Å². The Morgan fingerprint density at radius 3 is 1.74 bits per heavy atom. The van der Waals surface area contributed by atoms with Crippen LogP contribution in [0.1, 0.15) is 128 Å². The number of benzene rings is 3. The molecule has 3 aromatic rings. The minimum absolute atomic E-state index is 0.0436. The molecule has 0 aliphatic carbocycles. The van der Waals surface area contributed by atoms with Gasteiger partial charge in [0.1, 0.15) is 5.78 Å². The molecule has 0 spiro atoms. The van der Waals surface area contributed by atoms with Gasteiger partial charge in [0, 0.05) is 18.3 Å². The number of hydrogen-bond donors (Lipinski definition) is 0. The Balaban J connectivity index is 1.68. The first-order chi connectivity index (χ1) is 20.6. The smallest absolute Gasteiger partial charge is 0.136 e. The summed E-state index contributed by atoms with van der Waals surface area (Å²) in [6, 6.07) is 30.5. The summed E-state index contributed by atoms with van der Waals surface area (Å²) in [6.07, 6.45) is 9.16. The highest BCUT2D eigenvalue weighted by molar-refractivity contribution is 5.82. The van der Waals surface area contributed by atoms with Gasteiger partial charge in [-0.15, -0.1) is 0 Å². The van der Waals surface area contributed by atoms with Gasteiger partial charge < -0.3 is 0 Å². The van der Waals surface area contributed by atoms with E-state index >= 15 is 0 Å². The van der Waals surface area contributed by atoms with Gasteiger partial charge in [0.05, 0.1) is 0 Å². The van der Waals surface area contributed by atoms with Crippen LogP contribution in [0.25, 0.3) is 0 Å². The summed E-state index contributed by atoms with van der Waals surface area (Å²) in [5.74, 6) is 3.00. The Morgan fingerprint density at radius 2 is 1.26 bits per heavy atom. The van der Waals surface area contributed by atoms with E-state index in [0.29, 0.717) is 30.0 Å². The molecule has 0 fully saturated rings. The van der Waals surface area contributed by atoms with Crippen LogP contribution in [0.2, 0.25) is 0 Å². The van der Waals surface area contributed by atoms with Crippen molar-refractivity contribution < 1.29 is 4.79 Å². The largest absolute Gasteiger partial charge is 0.299 e. The topological polar surface area (TPSA) is 17.1 Å². The highest BCUT2D eigenvalue weighted by Crippen LogP contribution is 2.43. The second-order valence-electron chi connectivity index (χ2n) is 14.3. The molecule has 0 heterocycles. The van der Waals surface area contributed by atoms with Gasteiger partial charge in [-0.2, -0.15) is 0 Å². The molecule has 3 aromatic carbocycles. The Morgan fingerprint density at radius 1 is 0.698 bits per heavy atom. The molecule has 1 heteroatoms. The average Bonchev–Trinajstić information content (AvgIpc) is 3.00. The average molecular weight is 581 g/mol. The molecule has 0 bridgehead atoms. The lowest BCUT2D eigenvalue weighted by Gasteiger charge is -2.41. The van der Waals surface area contributed by atoms with Crippen LogP contribution in [-0.4, -0.2) is 5.78 Å². The van der Waals surface area contributed by atoms with E-state index in [-0.39, 0.29) is 17.3 Å². The van der Waals surface area contributed by atoms with Crippen molar-refractivity contribution in [2.24, 2.45) is 29.6 Å². The third kappa shape index (κ3) is 9.92. The normalized spacial score (nSPS) is 14.9. The van der Waals surface area contributed by atoms with Gasteiger partial charge in [0.25, 0.3) is 0 Å². The minimum Gasteiger partial charge on any atom is -0.299 e. The molecule has 0 radical (unpaired) electrons. The first kappa shape index (κ1) is 34.8. The van der Waals surface area contributed by atoms with Crippen molar-refractivity contribution in [2.75, 3.05) is 0 Å². The second-order valence-corrected chi connectivity index (χ2v) is 14.3. The third-order valence-corrected chi connectivity index (χ3v) is 10.5. The lowest BCUT2D eigenvalue weighted by Crippen LogP contribution is -2.35. The molecule has 1 nitrogen and oxygen atoms in total. The SMILES string of the molecule is CCC(CCCC(CC)C(CCC(C)C)C(C)(C)c1ccc(C)cc1)CC(=O)C(C)C(c1ccccc1)c1ccccc1. The zero-order valence-electron chi connectivity index (χ0n) is 28.6. The molecule has 0 saturated carbocycles. The van der Waals surface area contributed by atoms with Gasteiger partial charge in [-0.25, -0.2) is 0 Å². The molecular formula is C42H60O. The van der Waals surface area contributed by atoms with Crippen LogP contribution in [0.15, 0.2) is 84.9 Å². The molecule has 4 unspecified atom stereocenters. The van der Waals surface area contributed by atoms with Crippen molar-refractivity contribution in [3.05, 3.63) is 107 Å². The van der Waals surface area contributed by atoms with Crippen molar-refractivity contribution in [1.82, 2.24) is 0 Å². The molecule has 3 rings (SSSR count). The molecule has 0 N–H and O–H groups in total. The fourth-order valence-electron chi connectivity index (χ4n) is 7.45. The van der Waals surface area contributed by atoms with Gasteiger partial charge in [-0.05, 0) is 59.1 Å². The molecule has 4 atom stereocenters. The zero-order chi connectivity index (χ0) is 31.4. The highest BCUT2D eigenvalue weighted by Gasteiger charge is 2.36. The predicted molar refractivity (Wildman–Crippen MR) is 187 cm³/mol. The maximum atomic E-state index is 13.8. The van der Waals surface area contributed by atoms with E-state index in [0.717, 1.165) is 18.8 Å². The monoisotopic (exact) mass is 580 g/mol. The van der Waals surface area contributed by atoms with Crippen molar-refractivity contribution in [3.8, 4) is 0 Å². The van der Waals surface area contributed by atoms with Crippen LogP contribution >= 0.6 is 0 Å². The number of Topliss-reactive ketones (excluding diaryl/α,β-unsaturated/α-hetero) is 1. The second kappa shape index (κ2) is 17.0. The maximum absolute atomic E-state index is 13.8. The third-order valence-electron chi connectivity index (χ3n) is 10.5. The molecule has 43 heavy (non-hydrogen) atoms. The number of carbonyl (C=O) groups is 1. The van der Waals surface area contributed by atoms with Crippen LogP contribution in [0.5, 0.6) is 0 Å². The van der Waals surface area contributed by atoms with E-state index in [4.69, 9.17) is 0 Å². The van der Waals surface area contributed by atoms with E-state index in [1.54, 1.807) is 0 Å². The van der Waals surface area contributed by atoms with Gasteiger partial charge in [-0.3, -0.25) is 4.79 Å². The Hall–Kier alpha value is -2.67. The lowest BCUT2D eigenvalue weighted by atomic mass is 9.64. The van der Waals surface area contributed by atoms with Crippen molar-refractivity contribution in [3.63, 3.8) is 0 Å². The van der Waals surface area contributed by atoms with Gasteiger partial charge in [0.15, 0.2) is 0 Å². The van der Waals surface area contributed by atoms with E-state index < -0.39 is 0 Å². The van der Waals surface area contributed by atoms with Gasteiger partial charge in [-0.1, -0.05) is 177 Å². The molecule has 0 saturated heterocycles. The molecule has 0 amide bonds. The number of ketones is 1. The molecule has 0 aliphatic heterocycles. The summed E-state index contributed by atoms with van der Waals surface area (Å²) in [5.41, 5.74) is 5.42. The van der Waals surface area contributed by atoms with Crippen LogP contribution < -0.4 is 0 Å². The Kier molecular flexibility index (Phi) is 13.8. The lowest BCUT2D eigenvalue weighted by molar-refractivity contribution is -0.123. The van der Waals surface area contributed by atoms with Crippen LogP contribution in [-0.2, 0) is 10.2 Å². The van der Waals surface area contributed by atoms with Gasteiger partial charge >= 0.3 is 0 Å². The summed E-state index contributed by atoms with van der Waals surface area (Å²) >= 11 is 0. The first-order valence-corrected chi connectivity index (χ1v) is 17.3. The number of hydrogen-bond acceptors (Lipinski definition) is 1. The highest BCUT2D eigenvalue weighted by atomic mass is 16.1. The van der Waals surface area contributed by atoms with Crippen molar-refractivity contribution in [1.29, 1.82) is 0 Å². The van der Waals surface area contributed by atoms with Crippen molar-refractivity contribution >= 4 is 5.78 Å². The summed E-state index contributed by atoms with van der Waals surface area (Å²) < 4.78 is 0. The first-order valence-electron chi connectivity index (χ1n) is 17.3. The predicted octanol–water partition coefficient (Wildman–Crippen LogP) is 12.0. The van der Waals surface area contributed by atoms with Crippen LogP contribution in [0.3, 0.4) is 0 Å². The molecule has 0 aromatic heterocycles. The minimum atomic E-state index is -0.0436. The Bertz CT molecular complexity index is 1150. The number of rotatable bonds is 18. The summed E-state index contributed by atoms with van der Waals surface area (Å²) in [6.45, 7) is 18.7. The fraction of sp³-hybridized carbons (Fsp3) is 0.548. The molecule has 234 valence electrons. The molecule has 0 aliphatic rings. The Labute approximate surface area is 264 Å². The van der Waals surface area contributed by atoms with E-state index in [2.05, 4.69) is 140 Å². The summed E-state index contributed by atoms with van der Waals surface area (Å²) in [5, 5.41) is 0. The number of aryl methyl sites for hydroxylation is 1. The number of carbonyl (C=O) groups excluding carboxylic acids is 1. The van der Waals surface area contributed by atoms with E-state index in [1.807, 2.05) is 0 Å². The fourth-order valence-corrected chi connectivity index (χ4v) is 7.45. The maximum Gasteiger partial charge on any atom is 0.136 e. The van der Waals surface area contributed by atoms with Gasteiger partial charge in [0.2, 0.25) is 0 Å². The van der Waals surface area contributed by atoms with E-state index in [9.17, 15) is 4.79 Å². The standard InChI is InChI=1S/C42H60O/c1-9-34(30-40(43)33(6)41(36-19-13-11-14-20-36)37-21-15-12-16-22-37)18-17-23-35(10-2)39(29-24-31(3)4)42(7,8)38-27-25-32(5)26-28-38/h11-16,19-22,25-28,31,33-35,39,41H,9-10,17-18,23-24,29-30H2,1-8H3. The summed E-state index contributed by atoms with van der Waals surface area (Å²) in [7, 11) is 0. The van der Waals surface area contributed by atoms with Crippen LogP contribution in [0.4, 0.5) is 0 Å². The van der Waals surface area contributed by atoms with Crippen LogP contribution in [0, 0.1) is 36.5 Å². The van der Waals surface area contributed by atoms with E-state index in [1.165, 1.54) is 54.4 Å². The summed E-state index contributed by atoms with van der Waals surface area (Å²) in [4.78, 5) is 13.8. The zero-order valence-corrected chi connectivity index (χ0v) is 28.6. The quantitative estimate of drug-likeness (QED) is 0.146.